The minimum atomic E-state index is -0.493. The van der Waals surface area contributed by atoms with Crippen molar-refractivity contribution in [3.05, 3.63) is 53.4 Å². The molecule has 0 atom stereocenters. The summed E-state index contributed by atoms with van der Waals surface area (Å²) in [6, 6.07) is 9.24. The molecule has 2 amide bonds. The van der Waals surface area contributed by atoms with Crippen LogP contribution in [0.2, 0.25) is 0 Å². The number of hydrogen-bond acceptors (Lipinski definition) is 4. The fraction of sp³-hybridized carbons (Fsp3) is 0.286. The average molecular weight is 398 g/mol. The summed E-state index contributed by atoms with van der Waals surface area (Å²) in [5.74, 6) is -0.244. The first kappa shape index (κ1) is 19.8. The minimum Gasteiger partial charge on any atom is -0.494 e. The molecular weight excluding hydrogens is 374 g/mol. The third kappa shape index (κ3) is 3.84. The summed E-state index contributed by atoms with van der Waals surface area (Å²) in [5, 5.41) is 2.67. The number of thiocarbonyl (C=S) groups is 1. The van der Waals surface area contributed by atoms with E-state index in [9.17, 15) is 9.59 Å². The van der Waals surface area contributed by atoms with Gasteiger partial charge in [-0.15, -0.1) is 0 Å². The molecule has 2 heterocycles. The summed E-state index contributed by atoms with van der Waals surface area (Å²) in [7, 11) is 0. The lowest BCUT2D eigenvalue weighted by Crippen LogP contribution is -2.54. The van der Waals surface area contributed by atoms with Crippen LogP contribution in [-0.2, 0) is 9.59 Å². The SMILES string of the molecule is CCOc1ccc(N2C(=O)/C(=C\c3cc(C)n(C(C)C)c3)C(=O)NC2=S)cc1. The van der Waals surface area contributed by atoms with E-state index >= 15 is 0 Å². The molecular formula is C21H23N3O3S. The van der Waals surface area contributed by atoms with Gasteiger partial charge in [-0.3, -0.25) is 19.8 Å². The summed E-state index contributed by atoms with van der Waals surface area (Å²) < 4.78 is 7.52. The van der Waals surface area contributed by atoms with Crippen molar-refractivity contribution in [1.29, 1.82) is 0 Å². The van der Waals surface area contributed by atoms with Crippen LogP contribution in [0.1, 0.15) is 38.1 Å². The topological polar surface area (TPSA) is 63.6 Å². The zero-order valence-corrected chi connectivity index (χ0v) is 17.2. The first-order valence-electron chi connectivity index (χ1n) is 9.14. The lowest BCUT2D eigenvalue weighted by Gasteiger charge is -2.29. The predicted molar refractivity (Wildman–Crippen MR) is 113 cm³/mol. The van der Waals surface area contributed by atoms with Gasteiger partial charge in [-0.1, -0.05) is 0 Å². The molecule has 0 unspecified atom stereocenters. The second kappa shape index (κ2) is 7.98. The van der Waals surface area contributed by atoms with E-state index in [2.05, 4.69) is 23.7 Å². The van der Waals surface area contributed by atoms with Crippen molar-refractivity contribution in [3.8, 4) is 5.75 Å². The molecule has 0 aliphatic carbocycles. The third-order valence-corrected chi connectivity index (χ3v) is 4.73. The van der Waals surface area contributed by atoms with Gasteiger partial charge in [0, 0.05) is 17.9 Å². The number of nitrogens with one attached hydrogen (secondary N) is 1. The highest BCUT2D eigenvalue weighted by Gasteiger charge is 2.34. The van der Waals surface area contributed by atoms with Crippen LogP contribution in [0.5, 0.6) is 5.75 Å². The Morgan fingerprint density at radius 1 is 1.21 bits per heavy atom. The number of ether oxygens (including phenoxy) is 1. The van der Waals surface area contributed by atoms with Crippen LogP contribution >= 0.6 is 12.2 Å². The Balaban J connectivity index is 1.94. The predicted octanol–water partition coefficient (Wildman–Crippen LogP) is 3.61. The number of rotatable bonds is 5. The second-order valence-electron chi connectivity index (χ2n) is 6.80. The molecule has 0 radical (unpaired) electrons. The summed E-state index contributed by atoms with van der Waals surface area (Å²) in [5.41, 5.74) is 2.47. The molecule has 1 aromatic carbocycles. The van der Waals surface area contributed by atoms with Gasteiger partial charge in [0.25, 0.3) is 11.8 Å². The van der Waals surface area contributed by atoms with Gasteiger partial charge >= 0.3 is 0 Å². The summed E-state index contributed by atoms with van der Waals surface area (Å²) in [6.45, 7) is 8.60. The lowest BCUT2D eigenvalue weighted by molar-refractivity contribution is -0.122. The van der Waals surface area contributed by atoms with E-state index < -0.39 is 11.8 Å². The molecule has 0 saturated carbocycles. The highest BCUT2D eigenvalue weighted by molar-refractivity contribution is 7.80. The monoisotopic (exact) mass is 397 g/mol. The third-order valence-electron chi connectivity index (χ3n) is 4.45. The van der Waals surface area contributed by atoms with E-state index in [1.807, 2.05) is 26.1 Å². The van der Waals surface area contributed by atoms with E-state index in [0.29, 0.717) is 18.0 Å². The summed E-state index contributed by atoms with van der Waals surface area (Å²) in [4.78, 5) is 26.8. The molecule has 7 heteroatoms. The number of nitrogens with zero attached hydrogens (tertiary/aromatic N) is 2. The van der Waals surface area contributed by atoms with Crippen molar-refractivity contribution in [1.82, 2.24) is 9.88 Å². The smallest absolute Gasteiger partial charge is 0.270 e. The van der Waals surface area contributed by atoms with Gasteiger partial charge in [-0.25, -0.2) is 0 Å². The highest BCUT2D eigenvalue weighted by atomic mass is 32.1. The van der Waals surface area contributed by atoms with Gasteiger partial charge in [0.2, 0.25) is 0 Å². The molecule has 1 saturated heterocycles. The normalized spacial score (nSPS) is 16.1. The van der Waals surface area contributed by atoms with Gasteiger partial charge < -0.3 is 9.30 Å². The molecule has 2 aromatic rings. The molecule has 28 heavy (non-hydrogen) atoms. The Hall–Kier alpha value is -2.93. The molecule has 146 valence electrons. The minimum absolute atomic E-state index is 0.0448. The van der Waals surface area contributed by atoms with Crippen molar-refractivity contribution in [2.75, 3.05) is 11.5 Å². The number of carbonyl (C=O) groups excluding carboxylic acids is 2. The molecule has 1 fully saturated rings. The zero-order valence-electron chi connectivity index (χ0n) is 16.4. The molecule has 0 spiro atoms. The maximum absolute atomic E-state index is 13.1. The van der Waals surface area contributed by atoms with Crippen molar-refractivity contribution in [2.45, 2.75) is 33.7 Å². The Morgan fingerprint density at radius 3 is 2.46 bits per heavy atom. The lowest BCUT2D eigenvalue weighted by atomic mass is 10.1. The Morgan fingerprint density at radius 2 is 1.89 bits per heavy atom. The zero-order chi connectivity index (χ0) is 20.4. The number of anilines is 1. The van der Waals surface area contributed by atoms with Gasteiger partial charge in [0.05, 0.1) is 12.3 Å². The fourth-order valence-corrected chi connectivity index (χ4v) is 3.45. The standard InChI is InChI=1S/C21H23N3O3S/c1-5-27-17-8-6-16(7-9-17)24-20(26)18(19(25)22-21(24)28)11-15-10-14(4)23(12-15)13(2)3/h6-13H,5H2,1-4H3,(H,22,25,28)/b18-11-. The quantitative estimate of drug-likeness (QED) is 0.476. The van der Waals surface area contributed by atoms with Crippen molar-refractivity contribution < 1.29 is 14.3 Å². The average Bonchev–Trinajstić information content (AvgIpc) is 3.01. The fourth-order valence-electron chi connectivity index (χ4n) is 3.17. The van der Waals surface area contributed by atoms with E-state index in [0.717, 1.165) is 11.3 Å². The van der Waals surface area contributed by atoms with Gasteiger partial charge in [-0.2, -0.15) is 0 Å². The molecule has 3 rings (SSSR count). The molecule has 6 nitrogen and oxygen atoms in total. The first-order chi connectivity index (χ1) is 13.3. The van der Waals surface area contributed by atoms with E-state index in [1.165, 1.54) is 4.90 Å². The Labute approximate surface area is 169 Å². The van der Waals surface area contributed by atoms with Gasteiger partial charge in [-0.05, 0) is 81.9 Å². The molecule has 1 N–H and O–H groups in total. The van der Waals surface area contributed by atoms with Crippen LogP contribution in [0, 0.1) is 6.92 Å². The molecule has 0 bridgehead atoms. The van der Waals surface area contributed by atoms with Crippen LogP contribution in [0.3, 0.4) is 0 Å². The number of carbonyl (C=O) groups is 2. The van der Waals surface area contributed by atoms with E-state index in [1.54, 1.807) is 30.3 Å². The molecule has 1 aromatic heterocycles. The van der Waals surface area contributed by atoms with Gasteiger partial charge in [0.1, 0.15) is 11.3 Å². The maximum atomic E-state index is 13.1. The second-order valence-corrected chi connectivity index (χ2v) is 7.19. The number of amides is 2. The van der Waals surface area contributed by atoms with Crippen molar-refractivity contribution >= 4 is 40.9 Å². The maximum Gasteiger partial charge on any atom is 0.270 e. The van der Waals surface area contributed by atoms with Crippen LogP contribution in [-0.4, -0.2) is 28.1 Å². The van der Waals surface area contributed by atoms with Crippen LogP contribution in [0.15, 0.2) is 42.1 Å². The molecule has 1 aliphatic rings. The van der Waals surface area contributed by atoms with E-state index in [-0.39, 0.29) is 16.7 Å². The Bertz CT molecular complexity index is 958. The van der Waals surface area contributed by atoms with Gasteiger partial charge in [0.15, 0.2) is 5.11 Å². The molecule has 1 aliphatic heterocycles. The largest absolute Gasteiger partial charge is 0.494 e. The highest BCUT2D eigenvalue weighted by Crippen LogP contribution is 2.25. The van der Waals surface area contributed by atoms with Crippen LogP contribution in [0.4, 0.5) is 5.69 Å². The van der Waals surface area contributed by atoms with E-state index in [4.69, 9.17) is 17.0 Å². The number of aromatic nitrogens is 1. The summed E-state index contributed by atoms with van der Waals surface area (Å²) in [6.07, 6.45) is 3.54. The number of hydrogen-bond donors (Lipinski definition) is 1. The van der Waals surface area contributed by atoms with Crippen molar-refractivity contribution in [2.24, 2.45) is 0 Å². The summed E-state index contributed by atoms with van der Waals surface area (Å²) >= 11 is 5.23. The van der Waals surface area contributed by atoms with Crippen LogP contribution in [0.25, 0.3) is 6.08 Å². The van der Waals surface area contributed by atoms with Crippen molar-refractivity contribution in [3.63, 3.8) is 0 Å². The Kier molecular flexibility index (Phi) is 5.65. The van der Waals surface area contributed by atoms with Crippen LogP contribution < -0.4 is 15.0 Å². The first-order valence-corrected chi connectivity index (χ1v) is 9.55. The number of aryl methyl sites for hydroxylation is 1. The number of benzene rings is 1.